The number of ether oxygens (including phenoxy) is 2. The quantitative estimate of drug-likeness (QED) is 0.755. The fourth-order valence-electron chi connectivity index (χ4n) is 1.76. The van der Waals surface area contributed by atoms with Gasteiger partial charge in [-0.15, -0.1) is 0 Å². The smallest absolute Gasteiger partial charge is 0.227 e. The Labute approximate surface area is 96.3 Å². The minimum Gasteiger partial charge on any atom is -0.390 e. The second kappa shape index (κ2) is 4.69. The van der Waals surface area contributed by atoms with Crippen LogP contribution in [0.25, 0.3) is 0 Å². The number of carbonyl (C=O) groups excluding carboxylic acids is 1. The SMILES string of the molecule is C[C@H](C(=O)N(C)C)[C@H](O)[C@H]1COC(C)(C)O1. The molecule has 0 radical (unpaired) electrons. The molecule has 1 amide bonds. The van der Waals surface area contributed by atoms with E-state index in [1.807, 2.05) is 0 Å². The summed E-state index contributed by atoms with van der Waals surface area (Å²) in [6, 6.07) is 0. The van der Waals surface area contributed by atoms with E-state index < -0.39 is 23.9 Å². The average molecular weight is 231 g/mol. The van der Waals surface area contributed by atoms with E-state index >= 15 is 0 Å². The molecular weight excluding hydrogens is 210 g/mol. The summed E-state index contributed by atoms with van der Waals surface area (Å²) in [5.41, 5.74) is 0. The molecule has 1 saturated heterocycles. The van der Waals surface area contributed by atoms with Gasteiger partial charge in [0.15, 0.2) is 5.79 Å². The fraction of sp³-hybridized carbons (Fsp3) is 0.909. The molecule has 16 heavy (non-hydrogen) atoms. The van der Waals surface area contributed by atoms with Gasteiger partial charge < -0.3 is 19.5 Å². The largest absolute Gasteiger partial charge is 0.390 e. The molecule has 0 aromatic carbocycles. The molecule has 0 saturated carbocycles. The van der Waals surface area contributed by atoms with E-state index in [9.17, 15) is 9.90 Å². The van der Waals surface area contributed by atoms with Crippen molar-refractivity contribution in [3.05, 3.63) is 0 Å². The van der Waals surface area contributed by atoms with Gasteiger partial charge >= 0.3 is 0 Å². The summed E-state index contributed by atoms with van der Waals surface area (Å²) >= 11 is 0. The highest BCUT2D eigenvalue weighted by Crippen LogP contribution is 2.26. The lowest BCUT2D eigenvalue weighted by atomic mass is 9.99. The predicted molar refractivity (Wildman–Crippen MR) is 58.8 cm³/mol. The minimum absolute atomic E-state index is 0.110. The Balaban J connectivity index is 2.58. The van der Waals surface area contributed by atoms with Crippen LogP contribution in [0.2, 0.25) is 0 Å². The molecule has 1 rings (SSSR count). The van der Waals surface area contributed by atoms with E-state index in [-0.39, 0.29) is 5.91 Å². The molecule has 1 N–H and O–H groups in total. The fourth-order valence-corrected chi connectivity index (χ4v) is 1.76. The normalized spacial score (nSPS) is 27.5. The summed E-state index contributed by atoms with van der Waals surface area (Å²) in [6.45, 7) is 5.59. The highest BCUT2D eigenvalue weighted by Gasteiger charge is 2.40. The third kappa shape index (κ3) is 2.93. The third-order valence-corrected chi connectivity index (χ3v) is 2.75. The minimum atomic E-state index is -0.836. The van der Waals surface area contributed by atoms with Gasteiger partial charge in [0.2, 0.25) is 5.91 Å². The maximum atomic E-state index is 11.7. The summed E-state index contributed by atoms with van der Waals surface area (Å²) in [7, 11) is 3.34. The lowest BCUT2D eigenvalue weighted by Gasteiger charge is -2.26. The molecule has 3 atom stereocenters. The van der Waals surface area contributed by atoms with Crippen molar-refractivity contribution < 1.29 is 19.4 Å². The number of rotatable bonds is 3. The van der Waals surface area contributed by atoms with Crippen LogP contribution in [0.15, 0.2) is 0 Å². The number of carbonyl (C=O) groups is 1. The van der Waals surface area contributed by atoms with Crippen LogP contribution < -0.4 is 0 Å². The van der Waals surface area contributed by atoms with Gasteiger partial charge in [-0.05, 0) is 13.8 Å². The van der Waals surface area contributed by atoms with Crippen LogP contribution in [-0.4, -0.2) is 54.6 Å². The number of nitrogens with zero attached hydrogens (tertiary/aromatic N) is 1. The van der Waals surface area contributed by atoms with E-state index in [1.54, 1.807) is 34.9 Å². The summed E-state index contributed by atoms with van der Waals surface area (Å²) in [4.78, 5) is 13.1. The molecule has 1 heterocycles. The molecular formula is C11H21NO4. The first-order valence-electron chi connectivity index (χ1n) is 5.45. The second-order valence-electron chi connectivity index (χ2n) is 4.88. The van der Waals surface area contributed by atoms with Gasteiger partial charge in [-0.25, -0.2) is 0 Å². The van der Waals surface area contributed by atoms with Gasteiger partial charge in [0.1, 0.15) is 6.10 Å². The van der Waals surface area contributed by atoms with Gasteiger partial charge in [0.05, 0.1) is 18.6 Å². The van der Waals surface area contributed by atoms with Crippen LogP contribution in [-0.2, 0) is 14.3 Å². The summed E-state index contributed by atoms with van der Waals surface area (Å²) in [5.74, 6) is -1.27. The van der Waals surface area contributed by atoms with Crippen LogP contribution in [0, 0.1) is 5.92 Å². The standard InChI is InChI=1S/C11H21NO4/c1-7(10(14)12(4)5)9(13)8-6-15-11(2,3)16-8/h7-9,13H,6H2,1-5H3/t7-,8+,9-/m0/s1. The van der Waals surface area contributed by atoms with E-state index in [0.29, 0.717) is 6.61 Å². The highest BCUT2D eigenvalue weighted by molar-refractivity contribution is 5.78. The Morgan fingerprint density at radius 1 is 1.50 bits per heavy atom. The van der Waals surface area contributed by atoms with Gasteiger partial charge in [0, 0.05) is 14.1 Å². The Kier molecular flexibility index (Phi) is 3.93. The van der Waals surface area contributed by atoms with Crippen molar-refractivity contribution in [2.75, 3.05) is 20.7 Å². The monoisotopic (exact) mass is 231 g/mol. The molecule has 0 aliphatic carbocycles. The van der Waals surface area contributed by atoms with Gasteiger partial charge in [0.25, 0.3) is 0 Å². The lowest BCUT2D eigenvalue weighted by Crippen LogP contribution is -2.42. The summed E-state index contributed by atoms with van der Waals surface area (Å²) in [6.07, 6.45) is -1.27. The van der Waals surface area contributed by atoms with E-state index in [4.69, 9.17) is 9.47 Å². The van der Waals surface area contributed by atoms with Crippen molar-refractivity contribution in [1.82, 2.24) is 4.90 Å². The van der Waals surface area contributed by atoms with E-state index in [1.165, 1.54) is 4.90 Å². The molecule has 5 nitrogen and oxygen atoms in total. The highest BCUT2D eigenvalue weighted by atomic mass is 16.7. The molecule has 0 spiro atoms. The number of aliphatic hydroxyl groups excluding tert-OH is 1. The number of aliphatic hydroxyl groups is 1. The van der Waals surface area contributed by atoms with E-state index in [2.05, 4.69) is 0 Å². The van der Waals surface area contributed by atoms with Crippen molar-refractivity contribution in [3.8, 4) is 0 Å². The Hall–Kier alpha value is -0.650. The molecule has 0 aromatic rings. The molecule has 0 unspecified atom stereocenters. The number of hydrogen-bond donors (Lipinski definition) is 1. The maximum Gasteiger partial charge on any atom is 0.227 e. The van der Waals surface area contributed by atoms with Gasteiger partial charge in [-0.3, -0.25) is 4.79 Å². The first-order valence-corrected chi connectivity index (χ1v) is 5.45. The second-order valence-corrected chi connectivity index (χ2v) is 4.88. The Bertz CT molecular complexity index is 265. The Morgan fingerprint density at radius 2 is 2.06 bits per heavy atom. The van der Waals surface area contributed by atoms with Crippen molar-refractivity contribution in [2.45, 2.75) is 38.8 Å². The maximum absolute atomic E-state index is 11.7. The topological polar surface area (TPSA) is 59.0 Å². The number of amides is 1. The first-order chi connectivity index (χ1) is 7.24. The van der Waals surface area contributed by atoms with Crippen molar-refractivity contribution >= 4 is 5.91 Å². The molecule has 0 aromatic heterocycles. The zero-order valence-electron chi connectivity index (χ0n) is 10.6. The third-order valence-electron chi connectivity index (χ3n) is 2.75. The van der Waals surface area contributed by atoms with Gasteiger partial charge in [-0.1, -0.05) is 6.92 Å². The average Bonchev–Trinajstić information content (AvgIpc) is 2.55. The molecule has 0 bridgehead atoms. The molecule has 5 heteroatoms. The first kappa shape index (κ1) is 13.4. The van der Waals surface area contributed by atoms with Crippen LogP contribution in [0.4, 0.5) is 0 Å². The molecule has 94 valence electrons. The summed E-state index contributed by atoms with van der Waals surface area (Å²) in [5, 5.41) is 10.0. The zero-order chi connectivity index (χ0) is 12.5. The van der Waals surface area contributed by atoms with Crippen LogP contribution >= 0.6 is 0 Å². The van der Waals surface area contributed by atoms with Crippen molar-refractivity contribution in [1.29, 1.82) is 0 Å². The molecule has 1 aliphatic heterocycles. The van der Waals surface area contributed by atoms with Crippen LogP contribution in [0.1, 0.15) is 20.8 Å². The summed E-state index contributed by atoms with van der Waals surface area (Å²) < 4.78 is 10.9. The molecule has 1 aliphatic rings. The van der Waals surface area contributed by atoms with Crippen molar-refractivity contribution in [3.63, 3.8) is 0 Å². The molecule has 1 fully saturated rings. The lowest BCUT2D eigenvalue weighted by molar-refractivity contribution is -0.160. The number of hydrogen-bond acceptors (Lipinski definition) is 4. The van der Waals surface area contributed by atoms with Crippen LogP contribution in [0.3, 0.4) is 0 Å². The van der Waals surface area contributed by atoms with Crippen molar-refractivity contribution in [2.24, 2.45) is 5.92 Å². The Morgan fingerprint density at radius 3 is 2.44 bits per heavy atom. The predicted octanol–water partition coefficient (Wildman–Crippen LogP) is 0.223. The van der Waals surface area contributed by atoms with Gasteiger partial charge in [-0.2, -0.15) is 0 Å². The zero-order valence-corrected chi connectivity index (χ0v) is 10.6. The van der Waals surface area contributed by atoms with E-state index in [0.717, 1.165) is 0 Å². The van der Waals surface area contributed by atoms with Crippen LogP contribution in [0.5, 0.6) is 0 Å².